The number of carboxylic acid groups (broad SMARTS) is 1. The van der Waals surface area contributed by atoms with Crippen molar-refractivity contribution in [2.24, 2.45) is 0 Å². The quantitative estimate of drug-likeness (QED) is 0.698. The van der Waals surface area contributed by atoms with Crippen LogP contribution in [-0.4, -0.2) is 21.6 Å². The van der Waals surface area contributed by atoms with E-state index >= 15 is 0 Å². The Morgan fingerprint density at radius 2 is 2.09 bits per heavy atom. The summed E-state index contributed by atoms with van der Waals surface area (Å²) in [5.74, 6) is 0.175. The van der Waals surface area contributed by atoms with E-state index in [1.807, 2.05) is 13.8 Å². The van der Waals surface area contributed by atoms with E-state index in [-0.39, 0.29) is 0 Å². The van der Waals surface area contributed by atoms with Crippen LogP contribution in [0.2, 0.25) is 0 Å². The first-order chi connectivity index (χ1) is 5.06. The molecule has 0 aromatic carbocycles. The number of hydrogen-bond donors (Lipinski definition) is 1. The molecule has 0 radical (unpaired) electrons. The molecular weight excluding hydrogens is 160 g/mol. The molecule has 2 nitrogen and oxygen atoms in total. The molecule has 66 valence electrons. The van der Waals surface area contributed by atoms with Crippen molar-refractivity contribution in [1.82, 2.24) is 0 Å². The van der Waals surface area contributed by atoms with E-state index in [9.17, 15) is 4.79 Å². The lowest BCUT2D eigenvalue weighted by molar-refractivity contribution is -0.139. The Balaban J connectivity index is 4.13. The Hall–Kier alpha value is -0.180. The smallest absolute Gasteiger partial charge is 0.319 e. The molecule has 0 aliphatic heterocycles. The Labute approximate surface area is 72.4 Å². The molecule has 1 N–H and O–H groups in total. The molecule has 0 saturated carbocycles. The Kier molecular flexibility index (Phi) is 4.57. The average Bonchev–Trinajstić information content (AvgIpc) is 1.88. The summed E-state index contributed by atoms with van der Waals surface area (Å²) < 4.78 is -0.566. The molecule has 1 atom stereocenters. The molecule has 0 saturated heterocycles. The highest BCUT2D eigenvalue weighted by molar-refractivity contribution is 8.01. The van der Waals surface area contributed by atoms with Gasteiger partial charge in [-0.25, -0.2) is 0 Å². The van der Waals surface area contributed by atoms with Crippen LogP contribution in [0.5, 0.6) is 0 Å². The monoisotopic (exact) mass is 176 g/mol. The maximum Gasteiger partial charge on any atom is 0.319 e. The van der Waals surface area contributed by atoms with Gasteiger partial charge in [-0.15, -0.1) is 11.8 Å². The Morgan fingerprint density at radius 1 is 1.55 bits per heavy atom. The minimum absolute atomic E-state index is 0.566. The van der Waals surface area contributed by atoms with Crippen LogP contribution in [0.25, 0.3) is 0 Å². The summed E-state index contributed by atoms with van der Waals surface area (Å²) in [6, 6.07) is 0. The molecule has 0 heterocycles. The highest BCUT2D eigenvalue weighted by Crippen LogP contribution is 2.29. The summed E-state index contributed by atoms with van der Waals surface area (Å²) in [7, 11) is 0. The van der Waals surface area contributed by atoms with Crippen LogP contribution in [0.3, 0.4) is 0 Å². The van der Waals surface area contributed by atoms with Gasteiger partial charge in [0.1, 0.15) is 4.75 Å². The van der Waals surface area contributed by atoms with Gasteiger partial charge in [-0.1, -0.05) is 20.3 Å². The standard InChI is InChI=1S/C8H16O2S/c1-4-6-8(3,7(9)10)11-5-2/h4-6H2,1-3H3,(H,9,10). The van der Waals surface area contributed by atoms with Crippen molar-refractivity contribution in [3.63, 3.8) is 0 Å². The Morgan fingerprint density at radius 3 is 2.36 bits per heavy atom. The van der Waals surface area contributed by atoms with E-state index < -0.39 is 10.7 Å². The summed E-state index contributed by atoms with van der Waals surface area (Å²) in [4.78, 5) is 10.8. The fourth-order valence-corrected chi connectivity index (χ4v) is 2.15. The van der Waals surface area contributed by atoms with Crippen LogP contribution in [0.15, 0.2) is 0 Å². The maximum absolute atomic E-state index is 10.8. The molecule has 0 aromatic heterocycles. The van der Waals surface area contributed by atoms with Gasteiger partial charge in [0.2, 0.25) is 0 Å². The fraction of sp³-hybridized carbons (Fsp3) is 0.875. The van der Waals surface area contributed by atoms with Gasteiger partial charge in [-0.2, -0.15) is 0 Å². The van der Waals surface area contributed by atoms with Crippen LogP contribution in [0, 0.1) is 0 Å². The first kappa shape index (κ1) is 10.8. The van der Waals surface area contributed by atoms with Gasteiger partial charge in [-0.05, 0) is 19.1 Å². The van der Waals surface area contributed by atoms with Crippen LogP contribution in [0.1, 0.15) is 33.6 Å². The van der Waals surface area contributed by atoms with Crippen molar-refractivity contribution < 1.29 is 9.90 Å². The van der Waals surface area contributed by atoms with Crippen molar-refractivity contribution in [1.29, 1.82) is 0 Å². The van der Waals surface area contributed by atoms with Crippen molar-refractivity contribution in [2.45, 2.75) is 38.4 Å². The van der Waals surface area contributed by atoms with E-state index in [1.54, 1.807) is 6.92 Å². The number of carbonyl (C=O) groups is 1. The molecule has 0 bridgehead atoms. The minimum atomic E-state index is -0.689. The molecule has 0 aromatic rings. The molecule has 11 heavy (non-hydrogen) atoms. The third kappa shape index (κ3) is 3.14. The number of rotatable bonds is 5. The van der Waals surface area contributed by atoms with Crippen molar-refractivity contribution in [2.75, 3.05) is 5.75 Å². The summed E-state index contributed by atoms with van der Waals surface area (Å²) >= 11 is 1.51. The van der Waals surface area contributed by atoms with Crippen molar-refractivity contribution >= 4 is 17.7 Å². The molecule has 3 heteroatoms. The van der Waals surface area contributed by atoms with Gasteiger partial charge < -0.3 is 5.11 Å². The number of hydrogen-bond acceptors (Lipinski definition) is 2. The topological polar surface area (TPSA) is 37.3 Å². The third-order valence-corrected chi connectivity index (χ3v) is 2.95. The van der Waals surface area contributed by atoms with Crippen molar-refractivity contribution in [3.8, 4) is 0 Å². The van der Waals surface area contributed by atoms with Crippen LogP contribution >= 0.6 is 11.8 Å². The first-order valence-corrected chi connectivity index (χ1v) is 4.92. The second kappa shape index (κ2) is 4.65. The lowest BCUT2D eigenvalue weighted by Crippen LogP contribution is -2.31. The largest absolute Gasteiger partial charge is 0.480 e. The van der Waals surface area contributed by atoms with Crippen molar-refractivity contribution in [3.05, 3.63) is 0 Å². The van der Waals surface area contributed by atoms with E-state index in [4.69, 9.17) is 5.11 Å². The van der Waals surface area contributed by atoms with Crippen LogP contribution < -0.4 is 0 Å². The second-order valence-corrected chi connectivity index (χ2v) is 4.49. The van der Waals surface area contributed by atoms with Crippen LogP contribution in [0.4, 0.5) is 0 Å². The van der Waals surface area contributed by atoms with Crippen LogP contribution in [-0.2, 0) is 4.79 Å². The van der Waals surface area contributed by atoms with E-state index in [0.717, 1.165) is 18.6 Å². The van der Waals surface area contributed by atoms with E-state index in [0.29, 0.717) is 0 Å². The minimum Gasteiger partial charge on any atom is -0.480 e. The number of thioether (sulfide) groups is 1. The Bertz CT molecular complexity index is 128. The summed E-state index contributed by atoms with van der Waals surface area (Å²) in [5.41, 5.74) is 0. The zero-order chi connectivity index (χ0) is 8.91. The molecule has 0 fully saturated rings. The van der Waals surface area contributed by atoms with Gasteiger partial charge in [0.15, 0.2) is 0 Å². The van der Waals surface area contributed by atoms with Gasteiger partial charge in [0, 0.05) is 0 Å². The normalized spacial score (nSPS) is 15.9. The zero-order valence-corrected chi connectivity index (χ0v) is 8.20. The first-order valence-electron chi connectivity index (χ1n) is 3.94. The average molecular weight is 176 g/mol. The molecule has 0 rings (SSSR count). The number of carboxylic acids is 1. The summed E-state index contributed by atoms with van der Waals surface area (Å²) in [6.07, 6.45) is 1.68. The second-order valence-electron chi connectivity index (χ2n) is 2.72. The maximum atomic E-state index is 10.8. The summed E-state index contributed by atoms with van der Waals surface area (Å²) in [6.45, 7) is 5.80. The molecule has 0 amide bonds. The third-order valence-electron chi connectivity index (χ3n) is 1.64. The molecule has 0 aliphatic rings. The predicted octanol–water partition coefficient (Wildman–Crippen LogP) is 2.38. The van der Waals surface area contributed by atoms with Gasteiger partial charge in [0.25, 0.3) is 0 Å². The van der Waals surface area contributed by atoms with Gasteiger partial charge >= 0.3 is 5.97 Å². The van der Waals surface area contributed by atoms with Gasteiger partial charge in [-0.3, -0.25) is 4.79 Å². The highest BCUT2D eigenvalue weighted by Gasteiger charge is 2.31. The molecule has 0 spiro atoms. The SMILES string of the molecule is CCCC(C)(SCC)C(=O)O. The molecule has 0 aliphatic carbocycles. The highest BCUT2D eigenvalue weighted by atomic mass is 32.2. The lowest BCUT2D eigenvalue weighted by atomic mass is 10.1. The number of aliphatic carboxylic acids is 1. The molecular formula is C8H16O2S. The molecule has 1 unspecified atom stereocenters. The van der Waals surface area contributed by atoms with E-state index in [2.05, 4.69) is 0 Å². The van der Waals surface area contributed by atoms with Gasteiger partial charge in [0.05, 0.1) is 0 Å². The fourth-order valence-electron chi connectivity index (χ4n) is 1.04. The van der Waals surface area contributed by atoms with E-state index in [1.165, 1.54) is 11.8 Å². The summed E-state index contributed by atoms with van der Waals surface area (Å²) in [5, 5.41) is 8.87. The lowest BCUT2D eigenvalue weighted by Gasteiger charge is -2.22. The predicted molar refractivity (Wildman–Crippen MR) is 49.1 cm³/mol. The zero-order valence-electron chi connectivity index (χ0n) is 7.39.